The van der Waals surface area contributed by atoms with E-state index in [0.29, 0.717) is 22.7 Å². The molecule has 9 heteroatoms. The molecule has 0 heterocycles. The van der Waals surface area contributed by atoms with Gasteiger partial charge in [0.25, 0.3) is 15.9 Å². The molecule has 0 aliphatic heterocycles. The lowest BCUT2D eigenvalue weighted by molar-refractivity contribution is 0.0977. The highest BCUT2D eigenvalue weighted by molar-refractivity contribution is 7.92. The molecule has 0 saturated heterocycles. The van der Waals surface area contributed by atoms with Crippen LogP contribution in [-0.2, 0) is 10.0 Å². The first kappa shape index (κ1) is 23.2. The van der Waals surface area contributed by atoms with Crippen LogP contribution < -0.4 is 20.1 Å². The summed E-state index contributed by atoms with van der Waals surface area (Å²) < 4.78 is 33.1. The van der Waals surface area contributed by atoms with Crippen LogP contribution in [0, 0.1) is 13.8 Å². The quantitative estimate of drug-likeness (QED) is 0.468. The predicted molar refractivity (Wildman–Crippen MR) is 130 cm³/mol. The van der Waals surface area contributed by atoms with Crippen molar-refractivity contribution >= 4 is 44.6 Å². The molecule has 3 aromatic carbocycles. The van der Waals surface area contributed by atoms with Crippen molar-refractivity contribution in [1.29, 1.82) is 0 Å². The Labute approximate surface area is 192 Å². The zero-order valence-corrected chi connectivity index (χ0v) is 19.4. The van der Waals surface area contributed by atoms with E-state index in [0.717, 1.165) is 11.1 Å². The maximum absolute atomic E-state index is 12.7. The van der Waals surface area contributed by atoms with Crippen LogP contribution >= 0.6 is 12.2 Å². The van der Waals surface area contributed by atoms with E-state index in [9.17, 15) is 13.2 Å². The number of anilines is 2. The van der Waals surface area contributed by atoms with Crippen molar-refractivity contribution < 1.29 is 17.9 Å². The van der Waals surface area contributed by atoms with E-state index in [1.165, 1.54) is 12.1 Å². The largest absolute Gasteiger partial charge is 0.497 e. The van der Waals surface area contributed by atoms with Gasteiger partial charge >= 0.3 is 0 Å². The second-order valence-corrected chi connectivity index (χ2v) is 9.18. The second-order valence-electron chi connectivity index (χ2n) is 7.09. The van der Waals surface area contributed by atoms with Crippen LogP contribution in [-0.4, -0.2) is 26.5 Å². The molecule has 7 nitrogen and oxygen atoms in total. The Morgan fingerprint density at radius 2 is 1.59 bits per heavy atom. The van der Waals surface area contributed by atoms with Gasteiger partial charge in [-0.25, -0.2) is 8.42 Å². The SMILES string of the molecule is COc1ccc(C(=O)NC(=S)Nc2ccc(S(=O)(=O)Nc3ccc(C)cc3C)cc2)cc1. The monoisotopic (exact) mass is 469 g/mol. The van der Waals surface area contributed by atoms with Gasteiger partial charge in [0, 0.05) is 11.3 Å². The van der Waals surface area contributed by atoms with Gasteiger partial charge < -0.3 is 10.1 Å². The lowest BCUT2D eigenvalue weighted by Gasteiger charge is -2.13. The number of carbonyl (C=O) groups excluding carboxylic acids is 1. The standard InChI is InChI=1S/C23H23N3O4S2/c1-15-4-13-21(16(2)14-15)26-32(28,29)20-11-7-18(8-12-20)24-23(31)25-22(27)17-5-9-19(30-3)10-6-17/h4-14,26H,1-3H3,(H2,24,25,27,31). The molecule has 3 rings (SSSR count). The molecule has 3 aromatic rings. The van der Waals surface area contributed by atoms with Crippen molar-refractivity contribution in [3.63, 3.8) is 0 Å². The predicted octanol–water partition coefficient (Wildman–Crippen LogP) is 4.24. The number of aryl methyl sites for hydroxylation is 2. The zero-order chi connectivity index (χ0) is 23.3. The molecule has 0 aliphatic carbocycles. The molecule has 0 fully saturated rings. The van der Waals surface area contributed by atoms with E-state index >= 15 is 0 Å². The summed E-state index contributed by atoms with van der Waals surface area (Å²) in [5, 5.41) is 5.54. The maximum atomic E-state index is 12.7. The summed E-state index contributed by atoms with van der Waals surface area (Å²) in [5.74, 6) is 0.270. The van der Waals surface area contributed by atoms with E-state index in [-0.39, 0.29) is 15.9 Å². The van der Waals surface area contributed by atoms with E-state index < -0.39 is 10.0 Å². The number of benzene rings is 3. The molecule has 166 valence electrons. The fourth-order valence-corrected chi connectivity index (χ4v) is 4.27. The van der Waals surface area contributed by atoms with Crippen molar-refractivity contribution in [2.75, 3.05) is 17.1 Å². The number of carbonyl (C=O) groups is 1. The van der Waals surface area contributed by atoms with Gasteiger partial charge in [0.2, 0.25) is 0 Å². The number of methoxy groups -OCH3 is 1. The van der Waals surface area contributed by atoms with Gasteiger partial charge in [-0.2, -0.15) is 0 Å². The molecule has 3 N–H and O–H groups in total. The fraction of sp³-hybridized carbons (Fsp3) is 0.130. The van der Waals surface area contributed by atoms with Crippen LogP contribution in [0.1, 0.15) is 21.5 Å². The van der Waals surface area contributed by atoms with Gasteiger partial charge in [0.1, 0.15) is 5.75 Å². The number of rotatable bonds is 6. The lowest BCUT2D eigenvalue weighted by Crippen LogP contribution is -2.34. The highest BCUT2D eigenvalue weighted by atomic mass is 32.2. The summed E-state index contributed by atoms with van der Waals surface area (Å²) in [6, 6.07) is 18.2. The molecule has 0 atom stereocenters. The molecule has 0 bridgehead atoms. The second kappa shape index (κ2) is 9.80. The van der Waals surface area contributed by atoms with Crippen molar-refractivity contribution in [3.8, 4) is 5.75 Å². The number of nitrogens with one attached hydrogen (secondary N) is 3. The first-order valence-corrected chi connectivity index (χ1v) is 11.5. The maximum Gasteiger partial charge on any atom is 0.261 e. The van der Waals surface area contributed by atoms with Crippen LogP contribution in [0.2, 0.25) is 0 Å². The number of hydrogen-bond donors (Lipinski definition) is 3. The summed E-state index contributed by atoms with van der Waals surface area (Å²) in [6.07, 6.45) is 0. The summed E-state index contributed by atoms with van der Waals surface area (Å²) >= 11 is 5.18. The minimum Gasteiger partial charge on any atom is -0.497 e. The van der Waals surface area contributed by atoms with E-state index in [1.807, 2.05) is 26.0 Å². The molecule has 0 radical (unpaired) electrons. The summed E-state index contributed by atoms with van der Waals surface area (Å²) in [7, 11) is -2.20. The smallest absolute Gasteiger partial charge is 0.261 e. The number of ether oxygens (including phenoxy) is 1. The Hall–Kier alpha value is -3.43. The minimum absolute atomic E-state index is 0.0924. The Morgan fingerprint density at radius 1 is 0.938 bits per heavy atom. The van der Waals surface area contributed by atoms with E-state index in [1.54, 1.807) is 49.6 Å². The highest BCUT2D eigenvalue weighted by Gasteiger charge is 2.15. The third kappa shape index (κ3) is 5.83. The Balaban J connectivity index is 1.63. The highest BCUT2D eigenvalue weighted by Crippen LogP contribution is 2.22. The molecular weight excluding hydrogens is 446 g/mol. The molecular formula is C23H23N3O4S2. The van der Waals surface area contributed by atoms with Crippen LogP contribution in [0.4, 0.5) is 11.4 Å². The Morgan fingerprint density at radius 3 is 2.19 bits per heavy atom. The molecule has 0 unspecified atom stereocenters. The van der Waals surface area contributed by atoms with Crippen LogP contribution in [0.5, 0.6) is 5.75 Å². The van der Waals surface area contributed by atoms with Crippen molar-refractivity contribution in [2.24, 2.45) is 0 Å². The molecule has 0 saturated carbocycles. The first-order chi connectivity index (χ1) is 15.2. The fourth-order valence-electron chi connectivity index (χ4n) is 2.93. The van der Waals surface area contributed by atoms with Gasteiger partial charge in [-0.3, -0.25) is 14.8 Å². The van der Waals surface area contributed by atoms with Crippen LogP contribution in [0.25, 0.3) is 0 Å². The minimum atomic E-state index is -3.75. The van der Waals surface area contributed by atoms with Gasteiger partial charge in [0.05, 0.1) is 17.7 Å². The Kier molecular flexibility index (Phi) is 7.12. The van der Waals surface area contributed by atoms with E-state index in [4.69, 9.17) is 17.0 Å². The molecule has 0 spiro atoms. The topological polar surface area (TPSA) is 96.5 Å². The van der Waals surface area contributed by atoms with Gasteiger partial charge in [0.15, 0.2) is 5.11 Å². The third-order valence-electron chi connectivity index (χ3n) is 4.63. The normalized spacial score (nSPS) is 10.8. The molecule has 0 aromatic heterocycles. The molecule has 32 heavy (non-hydrogen) atoms. The number of amides is 1. The summed E-state index contributed by atoms with van der Waals surface area (Å²) in [4.78, 5) is 12.4. The molecule has 0 aliphatic rings. The van der Waals surface area contributed by atoms with Crippen LogP contribution in [0.15, 0.2) is 71.6 Å². The zero-order valence-electron chi connectivity index (χ0n) is 17.8. The van der Waals surface area contributed by atoms with Gasteiger partial charge in [-0.15, -0.1) is 0 Å². The van der Waals surface area contributed by atoms with Crippen molar-refractivity contribution in [2.45, 2.75) is 18.7 Å². The van der Waals surface area contributed by atoms with Crippen LogP contribution in [0.3, 0.4) is 0 Å². The van der Waals surface area contributed by atoms with Gasteiger partial charge in [-0.1, -0.05) is 17.7 Å². The number of sulfonamides is 1. The molecule has 1 amide bonds. The Bertz CT molecular complexity index is 1240. The average molecular weight is 470 g/mol. The number of hydrogen-bond acceptors (Lipinski definition) is 5. The van der Waals surface area contributed by atoms with Crippen molar-refractivity contribution in [1.82, 2.24) is 5.32 Å². The van der Waals surface area contributed by atoms with Crippen molar-refractivity contribution in [3.05, 3.63) is 83.4 Å². The summed E-state index contributed by atoms with van der Waals surface area (Å²) in [5.41, 5.74) is 3.38. The summed E-state index contributed by atoms with van der Waals surface area (Å²) in [6.45, 7) is 3.79. The average Bonchev–Trinajstić information content (AvgIpc) is 2.76. The van der Waals surface area contributed by atoms with Gasteiger partial charge in [-0.05, 0) is 86.2 Å². The third-order valence-corrected chi connectivity index (χ3v) is 6.21. The lowest BCUT2D eigenvalue weighted by atomic mass is 10.1. The van der Waals surface area contributed by atoms with E-state index in [2.05, 4.69) is 15.4 Å². The first-order valence-electron chi connectivity index (χ1n) is 9.64. The number of thiocarbonyl (C=S) groups is 1.